The summed E-state index contributed by atoms with van der Waals surface area (Å²) in [6.07, 6.45) is 2.87. The van der Waals surface area contributed by atoms with Crippen molar-refractivity contribution < 1.29 is 4.39 Å². The van der Waals surface area contributed by atoms with Crippen LogP contribution in [0.5, 0.6) is 0 Å². The molecule has 3 nitrogen and oxygen atoms in total. The predicted octanol–water partition coefficient (Wildman–Crippen LogP) is 3.48. The lowest BCUT2D eigenvalue weighted by atomic mass is 10.2. The van der Waals surface area contributed by atoms with Gasteiger partial charge in [-0.1, -0.05) is 22.9 Å². The summed E-state index contributed by atoms with van der Waals surface area (Å²) in [7, 11) is 0. The molecule has 1 N–H and O–H groups in total. The number of aryl methyl sites for hydroxylation is 1. The molecule has 0 saturated carbocycles. The van der Waals surface area contributed by atoms with Gasteiger partial charge in [0.2, 0.25) is 0 Å². The zero-order valence-electron chi connectivity index (χ0n) is 10.9. The number of nitrogens with zero attached hydrogens (tertiary/aromatic N) is 2. The van der Waals surface area contributed by atoms with Gasteiger partial charge in [-0.05, 0) is 36.2 Å². The highest BCUT2D eigenvalue weighted by Gasteiger charge is 2.04. The fraction of sp³-hybridized carbons (Fsp3) is 0.357. The largest absolute Gasteiger partial charge is 0.307 e. The minimum absolute atomic E-state index is 0.212. The molecular formula is C14H17BrFN3. The van der Waals surface area contributed by atoms with E-state index in [1.807, 2.05) is 16.9 Å². The molecule has 0 aliphatic heterocycles. The Bertz CT molecular complexity index is 539. The maximum absolute atomic E-state index is 13.1. The molecule has 2 rings (SSSR count). The van der Waals surface area contributed by atoms with E-state index in [1.54, 1.807) is 12.1 Å². The molecule has 0 aliphatic carbocycles. The van der Waals surface area contributed by atoms with Gasteiger partial charge in [-0.3, -0.25) is 4.68 Å². The molecule has 0 bridgehead atoms. The lowest BCUT2D eigenvalue weighted by Crippen LogP contribution is -2.16. The van der Waals surface area contributed by atoms with E-state index in [0.717, 1.165) is 35.2 Å². The number of hydrogen-bond acceptors (Lipinski definition) is 2. The third-order valence-electron chi connectivity index (χ3n) is 2.87. The molecule has 0 atom stereocenters. The topological polar surface area (TPSA) is 29.9 Å². The molecule has 0 unspecified atom stereocenters. The molecule has 2 aromatic rings. The van der Waals surface area contributed by atoms with Crippen LogP contribution in [0.25, 0.3) is 0 Å². The van der Waals surface area contributed by atoms with Gasteiger partial charge >= 0.3 is 0 Å². The maximum Gasteiger partial charge on any atom is 0.123 e. The second-order valence-corrected chi connectivity index (χ2v) is 5.24. The third-order valence-corrected chi connectivity index (χ3v) is 3.64. The van der Waals surface area contributed by atoms with Gasteiger partial charge in [-0.2, -0.15) is 5.10 Å². The number of benzene rings is 1. The number of aromatic nitrogens is 2. The normalized spacial score (nSPS) is 10.9. The van der Waals surface area contributed by atoms with Gasteiger partial charge in [0.15, 0.2) is 0 Å². The van der Waals surface area contributed by atoms with Crippen molar-refractivity contribution in [2.75, 3.05) is 0 Å². The molecule has 1 aromatic heterocycles. The molecule has 0 radical (unpaired) electrons. The van der Waals surface area contributed by atoms with E-state index in [4.69, 9.17) is 0 Å². The maximum atomic E-state index is 13.1. The van der Waals surface area contributed by atoms with E-state index < -0.39 is 0 Å². The molecule has 1 aromatic carbocycles. The second-order valence-electron chi connectivity index (χ2n) is 4.38. The van der Waals surface area contributed by atoms with Crippen LogP contribution in [-0.2, 0) is 19.6 Å². The van der Waals surface area contributed by atoms with Gasteiger partial charge in [0, 0.05) is 30.3 Å². The highest BCUT2D eigenvalue weighted by atomic mass is 79.9. The SMILES string of the molecule is CCCn1nccc1CNCc1cc(F)ccc1Br. The molecular weight excluding hydrogens is 309 g/mol. The molecule has 1 heterocycles. The van der Waals surface area contributed by atoms with Gasteiger partial charge < -0.3 is 5.32 Å². The van der Waals surface area contributed by atoms with Crippen LogP contribution >= 0.6 is 15.9 Å². The summed E-state index contributed by atoms with van der Waals surface area (Å²) in [5.74, 6) is -0.212. The zero-order chi connectivity index (χ0) is 13.7. The average Bonchev–Trinajstić information content (AvgIpc) is 2.82. The van der Waals surface area contributed by atoms with Crippen molar-refractivity contribution in [3.63, 3.8) is 0 Å². The fourth-order valence-corrected chi connectivity index (χ4v) is 2.31. The van der Waals surface area contributed by atoms with Crippen molar-refractivity contribution in [2.45, 2.75) is 33.0 Å². The van der Waals surface area contributed by atoms with Gasteiger partial charge in [0.25, 0.3) is 0 Å². The summed E-state index contributed by atoms with van der Waals surface area (Å²) in [6.45, 7) is 4.40. The smallest absolute Gasteiger partial charge is 0.123 e. The van der Waals surface area contributed by atoms with E-state index in [1.165, 1.54) is 6.07 Å². The molecule has 19 heavy (non-hydrogen) atoms. The van der Waals surface area contributed by atoms with Crippen LogP contribution in [0.15, 0.2) is 34.9 Å². The molecule has 5 heteroatoms. The van der Waals surface area contributed by atoms with Crippen molar-refractivity contribution in [3.05, 3.63) is 52.0 Å². The minimum Gasteiger partial charge on any atom is -0.307 e. The van der Waals surface area contributed by atoms with E-state index in [9.17, 15) is 4.39 Å². The Balaban J connectivity index is 1.92. The van der Waals surface area contributed by atoms with Crippen molar-refractivity contribution in [1.82, 2.24) is 15.1 Å². The summed E-state index contributed by atoms with van der Waals surface area (Å²) in [5, 5.41) is 7.58. The van der Waals surface area contributed by atoms with E-state index >= 15 is 0 Å². The third kappa shape index (κ3) is 3.88. The predicted molar refractivity (Wildman–Crippen MR) is 77.2 cm³/mol. The standard InChI is InChI=1S/C14H17BrFN3/c1-2-7-19-13(5-6-18-19)10-17-9-11-8-12(16)3-4-14(11)15/h3-6,8,17H,2,7,9-10H2,1H3. The average molecular weight is 326 g/mol. The first-order valence-corrected chi connectivity index (χ1v) is 7.15. The Morgan fingerprint density at radius 3 is 2.95 bits per heavy atom. The van der Waals surface area contributed by atoms with Crippen molar-refractivity contribution >= 4 is 15.9 Å². The van der Waals surface area contributed by atoms with Crippen LogP contribution < -0.4 is 5.32 Å². The minimum atomic E-state index is -0.212. The lowest BCUT2D eigenvalue weighted by molar-refractivity contribution is 0.548. The summed E-state index contributed by atoms with van der Waals surface area (Å²) >= 11 is 3.42. The highest BCUT2D eigenvalue weighted by Crippen LogP contribution is 2.17. The van der Waals surface area contributed by atoms with E-state index in [0.29, 0.717) is 6.54 Å². The quantitative estimate of drug-likeness (QED) is 0.881. The number of rotatable bonds is 6. The van der Waals surface area contributed by atoms with Crippen LogP contribution in [0.2, 0.25) is 0 Å². The Morgan fingerprint density at radius 2 is 2.16 bits per heavy atom. The van der Waals surface area contributed by atoms with Crippen LogP contribution in [0.1, 0.15) is 24.6 Å². The van der Waals surface area contributed by atoms with Crippen LogP contribution in [0.4, 0.5) is 4.39 Å². The molecule has 0 aliphatic rings. The van der Waals surface area contributed by atoms with Crippen molar-refractivity contribution in [1.29, 1.82) is 0 Å². The van der Waals surface area contributed by atoms with E-state index in [-0.39, 0.29) is 5.82 Å². The van der Waals surface area contributed by atoms with Gasteiger partial charge in [0.05, 0.1) is 5.69 Å². The summed E-state index contributed by atoms with van der Waals surface area (Å²) < 4.78 is 16.1. The molecule has 0 amide bonds. The summed E-state index contributed by atoms with van der Waals surface area (Å²) in [6, 6.07) is 6.72. The first-order chi connectivity index (χ1) is 9.20. The number of hydrogen-bond donors (Lipinski definition) is 1. The fourth-order valence-electron chi connectivity index (χ4n) is 1.93. The van der Waals surface area contributed by atoms with Gasteiger partial charge in [-0.15, -0.1) is 0 Å². The zero-order valence-corrected chi connectivity index (χ0v) is 12.5. The highest BCUT2D eigenvalue weighted by molar-refractivity contribution is 9.10. The van der Waals surface area contributed by atoms with Crippen LogP contribution in [0, 0.1) is 5.82 Å². The molecule has 0 spiro atoms. The van der Waals surface area contributed by atoms with Gasteiger partial charge in [-0.25, -0.2) is 4.39 Å². The van der Waals surface area contributed by atoms with Crippen molar-refractivity contribution in [3.8, 4) is 0 Å². The first kappa shape index (κ1) is 14.2. The Morgan fingerprint density at radius 1 is 1.32 bits per heavy atom. The van der Waals surface area contributed by atoms with Crippen LogP contribution in [0.3, 0.4) is 0 Å². The summed E-state index contributed by atoms with van der Waals surface area (Å²) in [5.41, 5.74) is 2.07. The second kappa shape index (κ2) is 6.82. The molecule has 0 saturated heterocycles. The Hall–Kier alpha value is -1.20. The molecule has 102 valence electrons. The Labute approximate surface area is 121 Å². The number of nitrogens with one attached hydrogen (secondary N) is 1. The first-order valence-electron chi connectivity index (χ1n) is 6.36. The summed E-state index contributed by atoms with van der Waals surface area (Å²) in [4.78, 5) is 0. The van der Waals surface area contributed by atoms with Crippen LogP contribution in [-0.4, -0.2) is 9.78 Å². The lowest BCUT2D eigenvalue weighted by Gasteiger charge is -2.09. The number of halogens is 2. The Kier molecular flexibility index (Phi) is 5.10. The molecule has 0 fully saturated rings. The van der Waals surface area contributed by atoms with E-state index in [2.05, 4.69) is 33.3 Å². The monoisotopic (exact) mass is 325 g/mol. The van der Waals surface area contributed by atoms with Gasteiger partial charge in [0.1, 0.15) is 5.82 Å². The van der Waals surface area contributed by atoms with Crippen molar-refractivity contribution in [2.24, 2.45) is 0 Å².